The average molecular weight is 467 g/mol. The minimum atomic E-state index is 1.27. The van der Waals surface area contributed by atoms with Crippen LogP contribution in [-0.2, 0) is 0 Å². The lowest BCUT2D eigenvalue weighted by Gasteiger charge is -2.16. The van der Waals surface area contributed by atoms with Crippen molar-refractivity contribution in [3.8, 4) is 21.6 Å². The van der Waals surface area contributed by atoms with Crippen LogP contribution in [0, 0.1) is 0 Å². The molecular weight excluding hydrogens is 448 g/mol. The van der Waals surface area contributed by atoms with Crippen LogP contribution < -0.4 is 0 Å². The number of hydrogen-bond donors (Lipinski definition) is 0. The molecule has 34 heavy (non-hydrogen) atoms. The number of rotatable bonds is 2. The average Bonchev–Trinajstić information content (AvgIpc) is 3.52. The zero-order valence-electron chi connectivity index (χ0n) is 18.2. The van der Waals surface area contributed by atoms with Crippen LogP contribution in [0.4, 0.5) is 0 Å². The zero-order chi connectivity index (χ0) is 22.2. The first-order valence-corrected chi connectivity index (χ1v) is 13.2. The molecule has 0 unspecified atom stereocenters. The summed E-state index contributed by atoms with van der Waals surface area (Å²) in [6.45, 7) is 0. The summed E-state index contributed by atoms with van der Waals surface area (Å²) < 4.78 is 2.72. The molecule has 0 aliphatic carbocycles. The first-order valence-electron chi connectivity index (χ1n) is 11.5. The summed E-state index contributed by atoms with van der Waals surface area (Å²) in [5, 5.41) is 12.9. The van der Waals surface area contributed by atoms with Gasteiger partial charge in [-0.25, -0.2) is 0 Å². The molecule has 0 amide bonds. The van der Waals surface area contributed by atoms with Crippen molar-refractivity contribution < 1.29 is 0 Å². The molecular formula is C32H18S2. The van der Waals surface area contributed by atoms with Crippen LogP contribution in [0.5, 0.6) is 0 Å². The lowest BCUT2D eigenvalue weighted by Crippen LogP contribution is -1.88. The van der Waals surface area contributed by atoms with Gasteiger partial charge in [0.15, 0.2) is 0 Å². The molecule has 0 bridgehead atoms. The number of fused-ring (bicyclic) bond motifs is 2. The zero-order valence-corrected chi connectivity index (χ0v) is 19.8. The van der Waals surface area contributed by atoms with Crippen molar-refractivity contribution >= 4 is 75.2 Å². The van der Waals surface area contributed by atoms with Gasteiger partial charge < -0.3 is 0 Å². The van der Waals surface area contributed by atoms with E-state index in [1.807, 2.05) is 22.7 Å². The molecule has 158 valence electrons. The van der Waals surface area contributed by atoms with Gasteiger partial charge in [-0.05, 0) is 89.4 Å². The number of hydrogen-bond acceptors (Lipinski definition) is 2. The molecule has 2 heteroatoms. The van der Waals surface area contributed by atoms with Gasteiger partial charge in [0.1, 0.15) is 0 Å². The SMILES string of the molecule is c1ccc(-c2ccc3ccc4c(-c5cc6cc7sccc7cc6s5)ccc5ccc2c3c54)cc1. The normalized spacial score (nSPS) is 12.1. The van der Waals surface area contributed by atoms with E-state index in [-0.39, 0.29) is 0 Å². The number of benzene rings is 6. The van der Waals surface area contributed by atoms with Crippen LogP contribution >= 0.6 is 22.7 Å². The van der Waals surface area contributed by atoms with Crippen molar-refractivity contribution in [1.82, 2.24) is 0 Å². The summed E-state index contributed by atoms with van der Waals surface area (Å²) in [5.74, 6) is 0. The van der Waals surface area contributed by atoms with E-state index in [4.69, 9.17) is 0 Å². The molecule has 0 radical (unpaired) electrons. The van der Waals surface area contributed by atoms with Gasteiger partial charge in [-0.3, -0.25) is 0 Å². The maximum Gasteiger partial charge on any atom is 0.0361 e. The quantitative estimate of drug-likeness (QED) is 0.222. The molecule has 0 saturated heterocycles. The van der Waals surface area contributed by atoms with E-state index >= 15 is 0 Å². The van der Waals surface area contributed by atoms with Gasteiger partial charge in [-0.2, -0.15) is 0 Å². The van der Waals surface area contributed by atoms with Crippen molar-refractivity contribution in [2.45, 2.75) is 0 Å². The molecule has 8 aromatic rings. The summed E-state index contributed by atoms with van der Waals surface area (Å²) in [6, 6.07) is 38.4. The summed E-state index contributed by atoms with van der Waals surface area (Å²) in [6.07, 6.45) is 0. The second kappa shape index (κ2) is 6.89. The monoisotopic (exact) mass is 466 g/mol. The molecule has 8 rings (SSSR count). The van der Waals surface area contributed by atoms with E-state index < -0.39 is 0 Å². The van der Waals surface area contributed by atoms with Crippen molar-refractivity contribution in [1.29, 1.82) is 0 Å². The molecule has 2 aromatic heterocycles. The molecule has 0 aliphatic rings. The molecule has 0 saturated carbocycles. The standard InChI is InChI=1S/C32H18S2/c1-2-4-19(5-3-1)24-10-6-20-9-13-27-25(11-7-21-8-12-26(24)31(20)32(21)27)30-18-23-17-28-22(14-15-33-28)16-29(23)34-30/h1-18H. The Morgan fingerprint density at radius 3 is 1.94 bits per heavy atom. The predicted molar refractivity (Wildman–Crippen MR) is 152 cm³/mol. The molecule has 2 heterocycles. The van der Waals surface area contributed by atoms with E-state index in [0.717, 1.165) is 0 Å². The highest BCUT2D eigenvalue weighted by Gasteiger charge is 2.16. The van der Waals surface area contributed by atoms with Gasteiger partial charge in [0.2, 0.25) is 0 Å². The van der Waals surface area contributed by atoms with Gasteiger partial charge in [0.05, 0.1) is 0 Å². The fourth-order valence-corrected chi connectivity index (χ4v) is 7.46. The van der Waals surface area contributed by atoms with Gasteiger partial charge in [-0.1, -0.05) is 78.9 Å². The van der Waals surface area contributed by atoms with Crippen molar-refractivity contribution in [3.63, 3.8) is 0 Å². The van der Waals surface area contributed by atoms with Gasteiger partial charge in [-0.15, -0.1) is 22.7 Å². The smallest absolute Gasteiger partial charge is 0.0361 e. The van der Waals surface area contributed by atoms with Crippen molar-refractivity contribution in [2.75, 3.05) is 0 Å². The first kappa shape index (κ1) is 18.7. The highest BCUT2D eigenvalue weighted by Crippen LogP contribution is 2.44. The number of thiophene rings is 2. The van der Waals surface area contributed by atoms with Crippen LogP contribution in [-0.4, -0.2) is 0 Å². The Morgan fingerprint density at radius 1 is 0.471 bits per heavy atom. The Hall–Kier alpha value is -3.72. The molecule has 0 atom stereocenters. The highest BCUT2D eigenvalue weighted by atomic mass is 32.1. The molecule has 0 N–H and O–H groups in total. The fourth-order valence-electron chi connectivity index (χ4n) is 5.51. The second-order valence-corrected chi connectivity index (χ2v) is 11.0. The second-order valence-electron chi connectivity index (χ2n) is 8.97. The van der Waals surface area contributed by atoms with Crippen LogP contribution in [0.15, 0.2) is 109 Å². The van der Waals surface area contributed by atoms with E-state index in [1.54, 1.807) is 0 Å². The van der Waals surface area contributed by atoms with Crippen LogP contribution in [0.3, 0.4) is 0 Å². The third kappa shape index (κ3) is 2.58. The Balaban J connectivity index is 1.44. The third-order valence-corrected chi connectivity index (χ3v) is 9.12. The Bertz CT molecular complexity index is 1960. The van der Waals surface area contributed by atoms with Crippen molar-refractivity contribution in [2.24, 2.45) is 0 Å². The lowest BCUT2D eigenvalue weighted by atomic mass is 9.88. The minimum absolute atomic E-state index is 1.27. The topological polar surface area (TPSA) is 0 Å². The maximum atomic E-state index is 2.38. The minimum Gasteiger partial charge on any atom is -0.144 e. The Kier molecular flexibility index (Phi) is 3.79. The summed E-state index contributed by atoms with van der Waals surface area (Å²) in [5.41, 5.74) is 3.90. The third-order valence-electron chi connectivity index (χ3n) is 7.11. The van der Waals surface area contributed by atoms with E-state index in [2.05, 4.69) is 109 Å². The van der Waals surface area contributed by atoms with Crippen LogP contribution in [0.25, 0.3) is 74.1 Å². The van der Waals surface area contributed by atoms with Crippen molar-refractivity contribution in [3.05, 3.63) is 109 Å². The summed E-state index contributed by atoms with van der Waals surface area (Å²) >= 11 is 3.72. The molecule has 0 aliphatic heterocycles. The summed E-state index contributed by atoms with van der Waals surface area (Å²) in [4.78, 5) is 1.34. The van der Waals surface area contributed by atoms with E-state index in [0.29, 0.717) is 0 Å². The predicted octanol–water partition coefficient (Wildman–Crippen LogP) is 10.3. The van der Waals surface area contributed by atoms with E-state index in [9.17, 15) is 0 Å². The molecule has 0 spiro atoms. The van der Waals surface area contributed by atoms with Crippen LogP contribution in [0.2, 0.25) is 0 Å². The van der Waals surface area contributed by atoms with Gasteiger partial charge >= 0.3 is 0 Å². The van der Waals surface area contributed by atoms with Gasteiger partial charge in [0, 0.05) is 14.3 Å². The molecule has 0 nitrogen and oxygen atoms in total. The molecule has 0 fully saturated rings. The fraction of sp³-hybridized carbons (Fsp3) is 0. The lowest BCUT2D eigenvalue weighted by molar-refractivity contribution is 1.66. The Labute approximate surface area is 204 Å². The largest absolute Gasteiger partial charge is 0.144 e. The highest BCUT2D eigenvalue weighted by molar-refractivity contribution is 7.22. The first-order chi connectivity index (χ1) is 16.8. The summed E-state index contributed by atoms with van der Waals surface area (Å²) in [7, 11) is 0. The maximum absolute atomic E-state index is 2.38. The van der Waals surface area contributed by atoms with E-state index in [1.165, 1.54) is 74.1 Å². The van der Waals surface area contributed by atoms with Gasteiger partial charge in [0.25, 0.3) is 0 Å². The Morgan fingerprint density at radius 2 is 1.15 bits per heavy atom. The molecule has 6 aromatic carbocycles. The van der Waals surface area contributed by atoms with Crippen LogP contribution in [0.1, 0.15) is 0 Å².